The van der Waals surface area contributed by atoms with Crippen molar-refractivity contribution in [3.8, 4) is 0 Å². The van der Waals surface area contributed by atoms with Gasteiger partial charge in [-0.3, -0.25) is 4.84 Å². The van der Waals surface area contributed by atoms with E-state index in [9.17, 15) is 4.79 Å². The number of amides is 1. The first-order chi connectivity index (χ1) is 6.89. The van der Waals surface area contributed by atoms with Gasteiger partial charge in [0, 0.05) is 0 Å². The molecule has 1 atom stereocenters. The van der Waals surface area contributed by atoms with Gasteiger partial charge >= 0.3 is 6.09 Å². The fraction of sp³-hybridized carbons (Fsp3) is 0.900. The summed E-state index contributed by atoms with van der Waals surface area (Å²) in [5.74, 6) is 0.264. The average molecular weight is 218 g/mol. The lowest BCUT2D eigenvalue weighted by atomic mass is 10.1. The Morgan fingerprint density at radius 3 is 2.47 bits per heavy atom. The van der Waals surface area contributed by atoms with Crippen LogP contribution in [0.3, 0.4) is 0 Å². The number of nitrogens with two attached hydrogens (primary N) is 1. The fourth-order valence-corrected chi connectivity index (χ4v) is 0.870. The van der Waals surface area contributed by atoms with Gasteiger partial charge in [0.2, 0.25) is 0 Å². The van der Waals surface area contributed by atoms with E-state index < -0.39 is 11.7 Å². The van der Waals surface area contributed by atoms with Crippen molar-refractivity contribution in [2.75, 3.05) is 13.2 Å². The van der Waals surface area contributed by atoms with E-state index in [1.165, 1.54) is 0 Å². The Hall–Kier alpha value is -0.810. The number of hydrogen-bond donors (Lipinski definition) is 2. The van der Waals surface area contributed by atoms with Crippen molar-refractivity contribution in [2.24, 2.45) is 11.7 Å². The van der Waals surface area contributed by atoms with Crippen LogP contribution in [0.2, 0.25) is 0 Å². The highest BCUT2D eigenvalue weighted by atomic mass is 16.7. The van der Waals surface area contributed by atoms with Crippen molar-refractivity contribution in [3.05, 3.63) is 0 Å². The van der Waals surface area contributed by atoms with Crippen LogP contribution in [0, 0.1) is 5.92 Å². The molecule has 5 nitrogen and oxygen atoms in total. The number of carbonyl (C=O) groups is 1. The number of carbonyl (C=O) groups excluding carboxylic acids is 1. The monoisotopic (exact) mass is 218 g/mol. The molecule has 5 heteroatoms. The predicted molar refractivity (Wildman–Crippen MR) is 58.2 cm³/mol. The van der Waals surface area contributed by atoms with Crippen LogP contribution >= 0.6 is 0 Å². The maximum Gasteiger partial charge on any atom is 0.431 e. The van der Waals surface area contributed by atoms with Crippen molar-refractivity contribution in [2.45, 2.75) is 39.7 Å². The summed E-state index contributed by atoms with van der Waals surface area (Å²) in [4.78, 5) is 16.1. The Kier molecular flexibility index (Phi) is 6.27. The van der Waals surface area contributed by atoms with Crippen LogP contribution in [0.4, 0.5) is 4.79 Å². The standard InChI is InChI=1S/C10H22N2O3/c1-5-8(6-11)7-14-12-9(13)15-10(2,3)4/h8H,5-7,11H2,1-4H3,(H,12,13). The van der Waals surface area contributed by atoms with Crippen molar-refractivity contribution in [1.29, 1.82) is 0 Å². The second-order valence-electron chi connectivity index (χ2n) is 4.42. The van der Waals surface area contributed by atoms with Gasteiger partial charge in [0.15, 0.2) is 0 Å². The Balaban J connectivity index is 3.64. The largest absolute Gasteiger partial charge is 0.442 e. The maximum atomic E-state index is 11.1. The van der Waals surface area contributed by atoms with E-state index in [0.29, 0.717) is 13.2 Å². The first-order valence-electron chi connectivity index (χ1n) is 5.20. The van der Waals surface area contributed by atoms with Gasteiger partial charge in [-0.05, 0) is 39.7 Å². The normalized spacial score (nSPS) is 13.4. The molecule has 15 heavy (non-hydrogen) atoms. The van der Waals surface area contributed by atoms with Gasteiger partial charge in [0.25, 0.3) is 0 Å². The predicted octanol–water partition coefficient (Wildman–Crippen LogP) is 1.43. The van der Waals surface area contributed by atoms with Gasteiger partial charge < -0.3 is 10.5 Å². The lowest BCUT2D eigenvalue weighted by Crippen LogP contribution is -2.34. The van der Waals surface area contributed by atoms with Crippen molar-refractivity contribution < 1.29 is 14.4 Å². The van der Waals surface area contributed by atoms with E-state index in [1.54, 1.807) is 20.8 Å². The first kappa shape index (κ1) is 14.2. The SMILES string of the molecule is CCC(CN)CONC(=O)OC(C)(C)C. The molecule has 90 valence electrons. The van der Waals surface area contributed by atoms with Gasteiger partial charge in [-0.1, -0.05) is 6.92 Å². The summed E-state index contributed by atoms with van der Waals surface area (Å²) >= 11 is 0. The molecule has 0 radical (unpaired) electrons. The van der Waals surface area contributed by atoms with Crippen molar-refractivity contribution >= 4 is 6.09 Å². The van der Waals surface area contributed by atoms with Gasteiger partial charge in [-0.2, -0.15) is 5.48 Å². The smallest absolute Gasteiger partial charge is 0.431 e. The Morgan fingerprint density at radius 1 is 1.47 bits per heavy atom. The Bertz CT molecular complexity index is 186. The Morgan fingerprint density at radius 2 is 2.07 bits per heavy atom. The van der Waals surface area contributed by atoms with Gasteiger partial charge in [-0.25, -0.2) is 4.79 Å². The molecule has 1 amide bonds. The summed E-state index contributed by atoms with van der Waals surface area (Å²) in [6, 6.07) is 0. The minimum absolute atomic E-state index is 0.264. The number of rotatable bonds is 5. The van der Waals surface area contributed by atoms with E-state index in [4.69, 9.17) is 15.3 Å². The summed E-state index contributed by atoms with van der Waals surface area (Å²) in [5, 5.41) is 0. The molecule has 0 saturated carbocycles. The van der Waals surface area contributed by atoms with Gasteiger partial charge in [-0.15, -0.1) is 0 Å². The van der Waals surface area contributed by atoms with E-state index >= 15 is 0 Å². The highest BCUT2D eigenvalue weighted by Gasteiger charge is 2.16. The van der Waals surface area contributed by atoms with Crippen LogP contribution < -0.4 is 11.2 Å². The molecule has 0 heterocycles. The van der Waals surface area contributed by atoms with E-state index in [-0.39, 0.29) is 5.92 Å². The van der Waals surface area contributed by atoms with Crippen LogP contribution in [-0.4, -0.2) is 24.8 Å². The highest BCUT2D eigenvalue weighted by molar-refractivity contribution is 5.66. The van der Waals surface area contributed by atoms with Crippen LogP contribution in [0.1, 0.15) is 34.1 Å². The third-order valence-corrected chi connectivity index (χ3v) is 1.78. The molecule has 0 aliphatic rings. The third-order valence-electron chi connectivity index (χ3n) is 1.78. The van der Waals surface area contributed by atoms with Gasteiger partial charge in [0.05, 0.1) is 6.61 Å². The molecule has 1 unspecified atom stereocenters. The summed E-state index contributed by atoms with van der Waals surface area (Å²) in [6.07, 6.45) is 0.348. The van der Waals surface area contributed by atoms with E-state index in [2.05, 4.69) is 5.48 Å². The minimum atomic E-state index is -0.575. The maximum absolute atomic E-state index is 11.1. The zero-order valence-corrected chi connectivity index (χ0v) is 10.0. The van der Waals surface area contributed by atoms with Crippen LogP contribution in [0.5, 0.6) is 0 Å². The topological polar surface area (TPSA) is 73.6 Å². The molecule has 0 aromatic carbocycles. The molecule has 0 aliphatic carbocycles. The number of nitrogens with one attached hydrogen (secondary N) is 1. The van der Waals surface area contributed by atoms with Crippen LogP contribution in [-0.2, 0) is 9.57 Å². The molecular weight excluding hydrogens is 196 g/mol. The lowest BCUT2D eigenvalue weighted by Gasteiger charge is -2.20. The molecule has 0 spiro atoms. The molecule has 0 aromatic rings. The lowest BCUT2D eigenvalue weighted by molar-refractivity contribution is -0.0172. The number of hydrogen-bond acceptors (Lipinski definition) is 4. The highest BCUT2D eigenvalue weighted by Crippen LogP contribution is 2.06. The average Bonchev–Trinajstić information content (AvgIpc) is 2.09. The number of ether oxygens (including phenoxy) is 1. The molecule has 0 rings (SSSR count). The summed E-state index contributed by atoms with van der Waals surface area (Å²) < 4.78 is 4.98. The molecule has 0 aliphatic heterocycles. The molecule has 3 N–H and O–H groups in total. The molecule has 0 fully saturated rings. The second-order valence-corrected chi connectivity index (χ2v) is 4.42. The van der Waals surface area contributed by atoms with Crippen LogP contribution in [0.25, 0.3) is 0 Å². The molecular formula is C10H22N2O3. The molecule has 0 saturated heterocycles. The zero-order valence-electron chi connectivity index (χ0n) is 10.0. The Labute approximate surface area is 91.3 Å². The zero-order chi connectivity index (χ0) is 11.9. The molecule has 0 bridgehead atoms. The first-order valence-corrected chi connectivity index (χ1v) is 5.20. The minimum Gasteiger partial charge on any atom is -0.442 e. The second kappa shape index (κ2) is 6.63. The number of hydroxylamine groups is 1. The van der Waals surface area contributed by atoms with E-state index in [0.717, 1.165) is 6.42 Å². The quantitative estimate of drug-likeness (QED) is 0.684. The molecule has 0 aromatic heterocycles. The fourth-order valence-electron chi connectivity index (χ4n) is 0.870. The van der Waals surface area contributed by atoms with Crippen LogP contribution in [0.15, 0.2) is 0 Å². The van der Waals surface area contributed by atoms with Gasteiger partial charge in [0.1, 0.15) is 5.60 Å². The third kappa shape index (κ3) is 8.20. The van der Waals surface area contributed by atoms with Crippen molar-refractivity contribution in [1.82, 2.24) is 5.48 Å². The summed E-state index contributed by atoms with van der Waals surface area (Å²) in [7, 11) is 0. The van der Waals surface area contributed by atoms with Crippen molar-refractivity contribution in [3.63, 3.8) is 0 Å². The van der Waals surface area contributed by atoms with E-state index in [1.807, 2.05) is 6.92 Å². The summed E-state index contributed by atoms with van der Waals surface area (Å²) in [6.45, 7) is 8.36. The summed E-state index contributed by atoms with van der Waals surface area (Å²) in [5.41, 5.74) is 7.19.